The molecule has 0 spiro atoms. The number of methoxy groups -OCH3 is 2. The van der Waals surface area contributed by atoms with Crippen LogP contribution in [0.4, 0.5) is 14.5 Å². The Bertz CT molecular complexity index is 933. The summed E-state index contributed by atoms with van der Waals surface area (Å²) in [5.41, 5.74) is -0.265. The minimum absolute atomic E-state index is 0.0925. The van der Waals surface area contributed by atoms with E-state index >= 15 is 0 Å². The third-order valence-electron chi connectivity index (χ3n) is 3.99. The summed E-state index contributed by atoms with van der Waals surface area (Å²) in [4.78, 5) is 35.8. The second-order valence-electron chi connectivity index (χ2n) is 6.10. The minimum Gasteiger partial charge on any atom is -0.497 e. The van der Waals surface area contributed by atoms with Gasteiger partial charge in [0.25, 0.3) is 0 Å². The zero-order valence-corrected chi connectivity index (χ0v) is 16.0. The van der Waals surface area contributed by atoms with E-state index in [0.29, 0.717) is 17.4 Å². The highest BCUT2D eigenvalue weighted by Gasteiger charge is 2.23. The van der Waals surface area contributed by atoms with Gasteiger partial charge in [-0.25, -0.2) is 13.6 Å². The van der Waals surface area contributed by atoms with Crippen molar-refractivity contribution >= 4 is 23.5 Å². The lowest BCUT2D eigenvalue weighted by atomic mass is 10.0. The van der Waals surface area contributed by atoms with Crippen LogP contribution in [0.5, 0.6) is 5.75 Å². The lowest BCUT2D eigenvalue weighted by molar-refractivity contribution is -0.125. The number of halogens is 2. The number of hydrogen-bond donors (Lipinski definition) is 2. The highest BCUT2D eigenvalue weighted by Crippen LogP contribution is 2.21. The van der Waals surface area contributed by atoms with E-state index < -0.39 is 46.7 Å². The summed E-state index contributed by atoms with van der Waals surface area (Å²) in [6.07, 6.45) is 0.0925. The van der Waals surface area contributed by atoms with E-state index in [2.05, 4.69) is 15.4 Å². The number of benzene rings is 2. The number of amides is 2. The normalized spacial score (nSPS) is 11.3. The molecule has 7 nitrogen and oxygen atoms in total. The van der Waals surface area contributed by atoms with Crippen LogP contribution in [0, 0.1) is 11.6 Å². The standard InChI is InChI=1S/C20H20F2N2O5/c1-11(25)23-18(8-12-5-4-6-13(7-12)28-2)19(26)24-17-9-14(20(27)29-3)15(21)10-16(17)22/h4-7,9-10,18H,8H2,1-3H3,(H,23,25)(H,24,26). The van der Waals surface area contributed by atoms with Gasteiger partial charge in [-0.3, -0.25) is 9.59 Å². The van der Waals surface area contributed by atoms with Crippen molar-refractivity contribution in [1.29, 1.82) is 0 Å². The summed E-state index contributed by atoms with van der Waals surface area (Å²) in [5, 5.41) is 4.76. The lowest BCUT2D eigenvalue weighted by Gasteiger charge is -2.18. The molecular formula is C20H20F2N2O5. The summed E-state index contributed by atoms with van der Waals surface area (Å²) in [5.74, 6) is -3.87. The summed E-state index contributed by atoms with van der Waals surface area (Å²) in [6.45, 7) is 1.24. The molecule has 2 N–H and O–H groups in total. The topological polar surface area (TPSA) is 93.7 Å². The fourth-order valence-corrected chi connectivity index (χ4v) is 2.62. The molecule has 1 unspecified atom stereocenters. The number of carbonyl (C=O) groups is 3. The Balaban J connectivity index is 2.28. The fraction of sp³-hybridized carbons (Fsp3) is 0.250. The first-order chi connectivity index (χ1) is 13.7. The van der Waals surface area contributed by atoms with Crippen molar-refractivity contribution in [3.8, 4) is 5.75 Å². The molecule has 0 aliphatic rings. The maximum Gasteiger partial charge on any atom is 0.340 e. The van der Waals surface area contributed by atoms with Gasteiger partial charge in [0, 0.05) is 19.4 Å². The number of ether oxygens (including phenoxy) is 2. The Labute approximate surface area is 166 Å². The molecule has 0 aliphatic heterocycles. The predicted octanol–water partition coefficient (Wildman–Crippen LogP) is 2.45. The molecule has 9 heteroatoms. The Kier molecular flexibility index (Phi) is 7.24. The van der Waals surface area contributed by atoms with E-state index in [1.807, 2.05) is 0 Å². The number of anilines is 1. The molecule has 154 valence electrons. The third kappa shape index (κ3) is 5.74. The molecule has 2 rings (SSSR count). The highest BCUT2D eigenvalue weighted by atomic mass is 19.1. The van der Waals surface area contributed by atoms with Gasteiger partial charge < -0.3 is 20.1 Å². The summed E-state index contributed by atoms with van der Waals surface area (Å²) < 4.78 is 37.4. The molecule has 0 saturated heterocycles. The van der Waals surface area contributed by atoms with Crippen LogP contribution in [0.2, 0.25) is 0 Å². The number of rotatable bonds is 7. The minimum atomic E-state index is -1.12. The van der Waals surface area contributed by atoms with Gasteiger partial charge in [-0.1, -0.05) is 12.1 Å². The van der Waals surface area contributed by atoms with Crippen molar-refractivity contribution in [3.05, 3.63) is 59.2 Å². The Morgan fingerprint density at radius 3 is 2.41 bits per heavy atom. The summed E-state index contributed by atoms with van der Waals surface area (Å²) >= 11 is 0. The fourth-order valence-electron chi connectivity index (χ4n) is 2.62. The van der Waals surface area contributed by atoms with Crippen LogP contribution < -0.4 is 15.4 Å². The Hall–Kier alpha value is -3.49. The molecule has 2 aromatic rings. The van der Waals surface area contributed by atoms with Crippen molar-refractivity contribution in [2.24, 2.45) is 0 Å². The second-order valence-corrected chi connectivity index (χ2v) is 6.10. The van der Waals surface area contributed by atoms with E-state index in [0.717, 1.165) is 13.2 Å². The molecular weight excluding hydrogens is 386 g/mol. The zero-order chi connectivity index (χ0) is 21.6. The second kappa shape index (κ2) is 9.63. The molecule has 2 aromatic carbocycles. The van der Waals surface area contributed by atoms with Crippen molar-refractivity contribution in [2.75, 3.05) is 19.5 Å². The van der Waals surface area contributed by atoms with Crippen LogP contribution in [0.15, 0.2) is 36.4 Å². The maximum absolute atomic E-state index is 14.1. The van der Waals surface area contributed by atoms with Gasteiger partial charge >= 0.3 is 5.97 Å². The summed E-state index contributed by atoms with van der Waals surface area (Å²) in [7, 11) is 2.54. The number of carbonyl (C=O) groups excluding carboxylic acids is 3. The first kappa shape index (κ1) is 21.8. The molecule has 0 aromatic heterocycles. The lowest BCUT2D eigenvalue weighted by Crippen LogP contribution is -2.44. The van der Waals surface area contributed by atoms with E-state index in [9.17, 15) is 23.2 Å². The van der Waals surface area contributed by atoms with Gasteiger partial charge in [0.05, 0.1) is 25.5 Å². The molecule has 0 aliphatic carbocycles. The highest BCUT2D eigenvalue weighted by molar-refractivity contribution is 5.98. The van der Waals surface area contributed by atoms with Crippen molar-refractivity contribution in [2.45, 2.75) is 19.4 Å². The molecule has 0 heterocycles. The number of esters is 1. The smallest absolute Gasteiger partial charge is 0.340 e. The first-order valence-corrected chi connectivity index (χ1v) is 8.53. The average molecular weight is 406 g/mol. The molecule has 0 fully saturated rings. The van der Waals surface area contributed by atoms with Gasteiger partial charge in [0.1, 0.15) is 23.4 Å². The zero-order valence-electron chi connectivity index (χ0n) is 16.0. The van der Waals surface area contributed by atoms with Gasteiger partial charge in [-0.05, 0) is 23.8 Å². The van der Waals surface area contributed by atoms with Crippen LogP contribution in [-0.2, 0) is 20.7 Å². The van der Waals surface area contributed by atoms with E-state index in [1.54, 1.807) is 24.3 Å². The number of hydrogen-bond acceptors (Lipinski definition) is 5. The molecule has 29 heavy (non-hydrogen) atoms. The molecule has 2 amide bonds. The SMILES string of the molecule is COC(=O)c1cc(NC(=O)C(Cc2cccc(OC)c2)NC(C)=O)c(F)cc1F. The largest absolute Gasteiger partial charge is 0.497 e. The number of nitrogens with one attached hydrogen (secondary N) is 2. The predicted molar refractivity (Wildman–Crippen MR) is 101 cm³/mol. The first-order valence-electron chi connectivity index (χ1n) is 8.53. The maximum atomic E-state index is 14.1. The quantitative estimate of drug-likeness (QED) is 0.689. The van der Waals surface area contributed by atoms with E-state index in [4.69, 9.17) is 4.74 Å². The van der Waals surface area contributed by atoms with Crippen molar-refractivity contribution < 1.29 is 32.6 Å². The van der Waals surface area contributed by atoms with Crippen LogP contribution in [0.3, 0.4) is 0 Å². The summed E-state index contributed by atoms with van der Waals surface area (Å²) in [6, 6.07) is 7.13. The van der Waals surface area contributed by atoms with Crippen LogP contribution in [-0.4, -0.2) is 38.0 Å². The monoisotopic (exact) mass is 406 g/mol. The van der Waals surface area contributed by atoms with Crippen molar-refractivity contribution in [3.63, 3.8) is 0 Å². The van der Waals surface area contributed by atoms with Gasteiger partial charge in [-0.15, -0.1) is 0 Å². The molecule has 1 atom stereocenters. The third-order valence-corrected chi connectivity index (χ3v) is 3.99. The Morgan fingerprint density at radius 1 is 1.07 bits per heavy atom. The van der Waals surface area contributed by atoms with Gasteiger partial charge in [-0.2, -0.15) is 0 Å². The van der Waals surface area contributed by atoms with E-state index in [-0.39, 0.29) is 6.42 Å². The van der Waals surface area contributed by atoms with Crippen molar-refractivity contribution in [1.82, 2.24) is 5.32 Å². The molecule has 0 bridgehead atoms. The van der Waals surface area contributed by atoms with Gasteiger partial charge in [0.2, 0.25) is 11.8 Å². The van der Waals surface area contributed by atoms with Crippen LogP contribution in [0.25, 0.3) is 0 Å². The molecule has 0 radical (unpaired) electrons. The molecule has 0 saturated carbocycles. The van der Waals surface area contributed by atoms with Gasteiger partial charge in [0.15, 0.2) is 0 Å². The average Bonchev–Trinajstić information content (AvgIpc) is 2.68. The van der Waals surface area contributed by atoms with Crippen LogP contribution >= 0.6 is 0 Å². The van der Waals surface area contributed by atoms with E-state index in [1.165, 1.54) is 14.0 Å². The van der Waals surface area contributed by atoms with Crippen LogP contribution in [0.1, 0.15) is 22.8 Å². The Morgan fingerprint density at radius 2 is 1.79 bits per heavy atom.